The van der Waals surface area contributed by atoms with Crippen LogP contribution in [0, 0.1) is 0 Å². The summed E-state index contributed by atoms with van der Waals surface area (Å²) >= 11 is 0. The molecule has 0 aliphatic heterocycles. The van der Waals surface area contributed by atoms with Crippen molar-refractivity contribution in [3.8, 4) is 0 Å². The first-order valence-corrected chi connectivity index (χ1v) is 15.1. The SMILES string of the molecule is CC(C)=CCC/C(C)=C/CC/C(C)=C/CC/C=C(\C)CC/C=C(\C)CCC(=O)NCCCCCCOP. The first-order valence-electron chi connectivity index (χ1n) is 14.6. The van der Waals surface area contributed by atoms with Crippen molar-refractivity contribution < 1.29 is 9.32 Å². The minimum absolute atomic E-state index is 0.172. The molecule has 37 heavy (non-hydrogen) atoms. The molecule has 0 saturated heterocycles. The third kappa shape index (κ3) is 26.0. The maximum absolute atomic E-state index is 12.0. The Kier molecular flexibility index (Phi) is 23.9. The summed E-state index contributed by atoms with van der Waals surface area (Å²) in [7, 11) is 2.29. The lowest BCUT2D eigenvalue weighted by Gasteiger charge is -2.06. The standard InChI is InChI=1S/C33H58NO2P/c1-28(2)16-13-19-31(5)22-14-20-29(3)17-9-10-18-30(4)21-15-23-32(6)24-25-33(35)34-26-11-7-8-12-27-36-37/h16-18,22-23H,7-15,19-21,24-27,37H2,1-6H3,(H,34,35)/b29-17+,30-18+,31-22+,32-23+. The van der Waals surface area contributed by atoms with E-state index in [-0.39, 0.29) is 5.91 Å². The quantitative estimate of drug-likeness (QED) is 0.0857. The van der Waals surface area contributed by atoms with Gasteiger partial charge in [0.1, 0.15) is 0 Å². The average molecular weight is 532 g/mol. The summed E-state index contributed by atoms with van der Waals surface area (Å²) in [5.41, 5.74) is 7.21. The molecule has 0 bridgehead atoms. The Morgan fingerprint density at radius 2 is 1.05 bits per heavy atom. The highest BCUT2D eigenvalue weighted by Crippen LogP contribution is 2.14. The van der Waals surface area contributed by atoms with E-state index >= 15 is 0 Å². The van der Waals surface area contributed by atoms with Crippen LogP contribution >= 0.6 is 9.47 Å². The molecule has 0 aromatic carbocycles. The Labute approximate surface area is 232 Å². The van der Waals surface area contributed by atoms with Gasteiger partial charge >= 0.3 is 0 Å². The lowest BCUT2D eigenvalue weighted by atomic mass is 10.0. The number of hydrogen-bond donors (Lipinski definition) is 1. The number of unbranched alkanes of at least 4 members (excludes halogenated alkanes) is 4. The molecule has 0 rings (SSSR count). The van der Waals surface area contributed by atoms with E-state index in [2.05, 4.69) is 86.7 Å². The van der Waals surface area contributed by atoms with Crippen molar-refractivity contribution in [2.24, 2.45) is 0 Å². The van der Waals surface area contributed by atoms with Crippen LogP contribution in [0.4, 0.5) is 0 Å². The number of nitrogens with one attached hydrogen (secondary N) is 1. The number of amides is 1. The second kappa shape index (κ2) is 24.9. The molecular formula is C33H58NO2P. The van der Waals surface area contributed by atoms with E-state index in [9.17, 15) is 4.79 Å². The van der Waals surface area contributed by atoms with E-state index in [4.69, 9.17) is 4.52 Å². The molecule has 1 atom stereocenters. The summed E-state index contributed by atoms with van der Waals surface area (Å²) in [5.74, 6) is 0.172. The van der Waals surface area contributed by atoms with E-state index in [0.29, 0.717) is 6.42 Å². The molecular weight excluding hydrogens is 473 g/mol. The average Bonchev–Trinajstić information content (AvgIpc) is 2.84. The highest BCUT2D eigenvalue weighted by Gasteiger charge is 2.01. The van der Waals surface area contributed by atoms with Gasteiger partial charge in [-0.15, -0.1) is 0 Å². The third-order valence-corrected chi connectivity index (χ3v) is 6.80. The smallest absolute Gasteiger partial charge is 0.220 e. The first-order chi connectivity index (χ1) is 17.7. The van der Waals surface area contributed by atoms with Crippen LogP contribution in [-0.4, -0.2) is 19.1 Å². The zero-order valence-electron chi connectivity index (χ0n) is 25.1. The van der Waals surface area contributed by atoms with Crippen LogP contribution in [0.3, 0.4) is 0 Å². The molecule has 0 radical (unpaired) electrons. The maximum atomic E-state index is 12.0. The minimum Gasteiger partial charge on any atom is -0.366 e. The molecule has 3 nitrogen and oxygen atoms in total. The second-order valence-corrected chi connectivity index (χ2v) is 11.1. The Bertz CT molecular complexity index is 754. The Morgan fingerprint density at radius 1 is 0.595 bits per heavy atom. The van der Waals surface area contributed by atoms with Gasteiger partial charge in [-0.1, -0.05) is 71.1 Å². The fourth-order valence-electron chi connectivity index (χ4n) is 4.04. The van der Waals surface area contributed by atoms with Gasteiger partial charge in [0, 0.05) is 22.4 Å². The Balaban J connectivity index is 3.97. The zero-order valence-corrected chi connectivity index (χ0v) is 26.2. The predicted molar refractivity (Wildman–Crippen MR) is 168 cm³/mol. The van der Waals surface area contributed by atoms with Crippen LogP contribution in [0.1, 0.15) is 131 Å². The van der Waals surface area contributed by atoms with Gasteiger partial charge in [0.05, 0.1) is 6.61 Å². The van der Waals surface area contributed by atoms with Gasteiger partial charge in [-0.05, 0) is 112 Å². The molecule has 1 N–H and O–H groups in total. The lowest BCUT2D eigenvalue weighted by Crippen LogP contribution is -2.24. The number of hydrogen-bond acceptors (Lipinski definition) is 2. The summed E-state index contributed by atoms with van der Waals surface area (Å²) in [5, 5.41) is 3.05. The Hall–Kier alpha value is -1.44. The summed E-state index contributed by atoms with van der Waals surface area (Å²) in [4.78, 5) is 12.0. The number of allylic oxidation sites excluding steroid dienone is 10. The normalized spacial score (nSPS) is 13.2. The zero-order chi connectivity index (χ0) is 27.7. The Morgan fingerprint density at radius 3 is 1.57 bits per heavy atom. The van der Waals surface area contributed by atoms with Crippen LogP contribution in [0.25, 0.3) is 0 Å². The summed E-state index contributed by atoms with van der Waals surface area (Å²) in [6.45, 7) is 14.8. The van der Waals surface area contributed by atoms with Gasteiger partial charge in [-0.3, -0.25) is 4.79 Å². The molecule has 0 aromatic rings. The van der Waals surface area contributed by atoms with Gasteiger partial charge in [-0.25, -0.2) is 0 Å². The largest absolute Gasteiger partial charge is 0.366 e. The van der Waals surface area contributed by atoms with Crippen LogP contribution in [-0.2, 0) is 9.32 Å². The van der Waals surface area contributed by atoms with Crippen molar-refractivity contribution >= 4 is 15.4 Å². The van der Waals surface area contributed by atoms with E-state index < -0.39 is 0 Å². The molecule has 0 heterocycles. The molecule has 1 unspecified atom stereocenters. The molecule has 4 heteroatoms. The van der Waals surface area contributed by atoms with E-state index in [1.165, 1.54) is 40.7 Å². The van der Waals surface area contributed by atoms with Gasteiger partial charge in [-0.2, -0.15) is 0 Å². The lowest BCUT2D eigenvalue weighted by molar-refractivity contribution is -0.121. The van der Waals surface area contributed by atoms with Crippen LogP contribution in [0.5, 0.6) is 0 Å². The third-order valence-electron chi connectivity index (χ3n) is 6.56. The molecule has 212 valence electrons. The van der Waals surface area contributed by atoms with Crippen molar-refractivity contribution in [1.82, 2.24) is 5.32 Å². The predicted octanol–water partition coefficient (Wildman–Crippen LogP) is 10.1. The van der Waals surface area contributed by atoms with E-state index in [1.54, 1.807) is 0 Å². The molecule has 0 aromatic heterocycles. The van der Waals surface area contributed by atoms with Gasteiger partial charge in [0.15, 0.2) is 0 Å². The van der Waals surface area contributed by atoms with Crippen molar-refractivity contribution in [2.45, 2.75) is 131 Å². The first kappa shape index (κ1) is 35.6. The summed E-state index contributed by atoms with van der Waals surface area (Å²) in [6.07, 6.45) is 26.8. The van der Waals surface area contributed by atoms with E-state index in [0.717, 1.165) is 83.8 Å². The van der Waals surface area contributed by atoms with Crippen molar-refractivity contribution in [2.75, 3.05) is 13.2 Å². The fourth-order valence-corrected chi connectivity index (χ4v) is 4.21. The van der Waals surface area contributed by atoms with Crippen LogP contribution < -0.4 is 5.32 Å². The highest BCUT2D eigenvalue weighted by molar-refractivity contribution is 7.09. The van der Waals surface area contributed by atoms with Crippen LogP contribution in [0.15, 0.2) is 58.2 Å². The molecule has 0 fully saturated rings. The summed E-state index contributed by atoms with van der Waals surface area (Å²) < 4.78 is 4.97. The monoisotopic (exact) mass is 531 g/mol. The second-order valence-electron chi connectivity index (χ2n) is 10.8. The maximum Gasteiger partial charge on any atom is 0.220 e. The van der Waals surface area contributed by atoms with Crippen molar-refractivity contribution in [3.05, 3.63) is 58.2 Å². The van der Waals surface area contributed by atoms with Gasteiger partial charge in [0.2, 0.25) is 5.91 Å². The number of rotatable bonds is 22. The van der Waals surface area contributed by atoms with Gasteiger partial charge < -0.3 is 9.84 Å². The van der Waals surface area contributed by atoms with Crippen molar-refractivity contribution in [1.29, 1.82) is 0 Å². The topological polar surface area (TPSA) is 38.3 Å². The van der Waals surface area contributed by atoms with Gasteiger partial charge in [0.25, 0.3) is 0 Å². The molecule has 0 saturated carbocycles. The minimum atomic E-state index is 0.172. The van der Waals surface area contributed by atoms with Crippen molar-refractivity contribution in [3.63, 3.8) is 0 Å². The van der Waals surface area contributed by atoms with E-state index in [1.807, 2.05) is 0 Å². The van der Waals surface area contributed by atoms with Crippen LogP contribution in [0.2, 0.25) is 0 Å². The highest BCUT2D eigenvalue weighted by atomic mass is 31.0. The summed E-state index contributed by atoms with van der Waals surface area (Å²) in [6, 6.07) is 0. The molecule has 0 spiro atoms. The molecule has 1 amide bonds. The number of carbonyl (C=O) groups excluding carboxylic acids is 1. The molecule has 0 aliphatic rings. The number of carbonyl (C=O) groups is 1. The molecule has 0 aliphatic carbocycles. The fraction of sp³-hybridized carbons (Fsp3) is 0.667.